The van der Waals surface area contributed by atoms with E-state index in [1.54, 1.807) is 12.1 Å². The van der Waals surface area contributed by atoms with Crippen LogP contribution in [0.1, 0.15) is 73.3 Å². The number of benzene rings is 1. The number of aromatic nitrogens is 2. The van der Waals surface area contributed by atoms with Crippen molar-refractivity contribution in [3.63, 3.8) is 0 Å². The van der Waals surface area contributed by atoms with Crippen LogP contribution in [0, 0.1) is 5.92 Å². The van der Waals surface area contributed by atoms with Crippen LogP contribution in [0.4, 0.5) is 5.95 Å². The summed E-state index contributed by atoms with van der Waals surface area (Å²) in [5.41, 5.74) is 8.75. The number of anilines is 1. The van der Waals surface area contributed by atoms with Gasteiger partial charge in [-0.15, -0.1) is 0 Å². The fourth-order valence-corrected chi connectivity index (χ4v) is 5.14. The van der Waals surface area contributed by atoms with Gasteiger partial charge < -0.3 is 15.5 Å². The molecule has 0 spiro atoms. The first-order chi connectivity index (χ1) is 15.9. The summed E-state index contributed by atoms with van der Waals surface area (Å²) in [6, 6.07) is 7.27. The average molecular weight is 450 g/mol. The summed E-state index contributed by atoms with van der Waals surface area (Å²) >= 11 is 0. The molecular weight excluding hydrogens is 414 g/mol. The van der Waals surface area contributed by atoms with Crippen LogP contribution in [0.25, 0.3) is 11.1 Å². The molecule has 4 rings (SSSR count). The van der Waals surface area contributed by atoms with E-state index in [0.29, 0.717) is 36.3 Å². The van der Waals surface area contributed by atoms with Gasteiger partial charge in [-0.25, -0.2) is 9.97 Å². The van der Waals surface area contributed by atoms with Crippen molar-refractivity contribution in [2.45, 2.75) is 57.3 Å². The summed E-state index contributed by atoms with van der Waals surface area (Å²) in [6.07, 6.45) is 10.7. The predicted molar refractivity (Wildman–Crippen MR) is 130 cm³/mol. The Hall–Kier alpha value is -2.96. The van der Waals surface area contributed by atoms with Gasteiger partial charge in [0.25, 0.3) is 0 Å². The standard InChI is InChI=1S/C26H35N5O2/c1-30(2)26-28-16-22(19-10-12-20(13-11-19)25(27)33)24(29-26)21-9-6-14-31(17-21)23(32)15-18-7-4-3-5-8-18/h10-13,16,18,21H,3-9,14-15,17H2,1-2H3,(H2,27,33)/t21-/m0/s1. The summed E-state index contributed by atoms with van der Waals surface area (Å²) in [4.78, 5) is 38.0. The lowest BCUT2D eigenvalue weighted by Gasteiger charge is -2.34. The molecule has 1 saturated carbocycles. The zero-order valence-corrected chi connectivity index (χ0v) is 19.8. The molecule has 2 aliphatic rings. The number of piperidine rings is 1. The minimum absolute atomic E-state index is 0.154. The fourth-order valence-electron chi connectivity index (χ4n) is 5.14. The number of amides is 2. The Bertz CT molecular complexity index is 983. The monoisotopic (exact) mass is 449 g/mol. The highest BCUT2D eigenvalue weighted by Crippen LogP contribution is 2.35. The first-order valence-electron chi connectivity index (χ1n) is 12.1. The van der Waals surface area contributed by atoms with E-state index in [9.17, 15) is 9.59 Å². The van der Waals surface area contributed by atoms with E-state index in [4.69, 9.17) is 10.7 Å². The second-order valence-corrected chi connectivity index (χ2v) is 9.69. The van der Waals surface area contributed by atoms with Gasteiger partial charge in [0.15, 0.2) is 0 Å². The molecular formula is C26H35N5O2. The van der Waals surface area contributed by atoms with E-state index in [-0.39, 0.29) is 5.92 Å². The maximum atomic E-state index is 13.1. The molecule has 1 aliphatic carbocycles. The number of nitrogens with two attached hydrogens (primary N) is 1. The second-order valence-electron chi connectivity index (χ2n) is 9.69. The zero-order valence-electron chi connectivity index (χ0n) is 19.8. The number of hydrogen-bond acceptors (Lipinski definition) is 5. The Kier molecular flexibility index (Phi) is 7.26. The molecule has 2 amide bonds. The minimum Gasteiger partial charge on any atom is -0.366 e. The maximum Gasteiger partial charge on any atom is 0.248 e. The SMILES string of the molecule is CN(C)c1ncc(-c2ccc(C(N)=O)cc2)c([C@H]2CCCN(C(=O)CC3CCCCC3)C2)n1. The van der Waals surface area contributed by atoms with E-state index in [1.165, 1.54) is 32.1 Å². The number of carbonyl (C=O) groups excluding carboxylic acids is 2. The van der Waals surface area contributed by atoms with Crippen molar-refractivity contribution in [3.05, 3.63) is 41.7 Å². The molecule has 1 saturated heterocycles. The minimum atomic E-state index is -0.444. The first-order valence-corrected chi connectivity index (χ1v) is 12.1. The largest absolute Gasteiger partial charge is 0.366 e. The lowest BCUT2D eigenvalue weighted by Crippen LogP contribution is -2.40. The van der Waals surface area contributed by atoms with Gasteiger partial charge in [-0.3, -0.25) is 9.59 Å². The Morgan fingerprint density at radius 3 is 2.45 bits per heavy atom. The van der Waals surface area contributed by atoms with Gasteiger partial charge in [0.2, 0.25) is 17.8 Å². The summed E-state index contributed by atoms with van der Waals surface area (Å²) in [5.74, 6) is 1.21. The van der Waals surface area contributed by atoms with Crippen molar-refractivity contribution in [1.29, 1.82) is 0 Å². The van der Waals surface area contributed by atoms with E-state index in [0.717, 1.165) is 36.2 Å². The molecule has 0 unspecified atom stereocenters. The van der Waals surface area contributed by atoms with Gasteiger partial charge in [-0.05, 0) is 49.3 Å². The summed E-state index contributed by atoms with van der Waals surface area (Å²) in [7, 11) is 3.86. The van der Waals surface area contributed by atoms with Gasteiger partial charge in [0.05, 0.1) is 5.69 Å². The number of primary amides is 1. The highest BCUT2D eigenvalue weighted by Gasteiger charge is 2.29. The number of carbonyl (C=O) groups is 2. The molecule has 33 heavy (non-hydrogen) atoms. The Morgan fingerprint density at radius 1 is 1.06 bits per heavy atom. The fraction of sp³-hybridized carbons (Fsp3) is 0.538. The molecule has 1 aliphatic heterocycles. The number of nitrogens with zero attached hydrogens (tertiary/aromatic N) is 4. The molecule has 2 N–H and O–H groups in total. The molecule has 1 atom stereocenters. The van der Waals surface area contributed by atoms with Crippen LogP contribution < -0.4 is 10.6 Å². The average Bonchev–Trinajstić information content (AvgIpc) is 2.84. The van der Waals surface area contributed by atoms with E-state index in [2.05, 4.69) is 9.88 Å². The highest BCUT2D eigenvalue weighted by molar-refractivity contribution is 5.93. The van der Waals surface area contributed by atoms with E-state index < -0.39 is 5.91 Å². The molecule has 0 radical (unpaired) electrons. The third kappa shape index (κ3) is 5.52. The number of likely N-dealkylation sites (tertiary alicyclic amines) is 1. The van der Waals surface area contributed by atoms with Crippen LogP contribution in [0.2, 0.25) is 0 Å². The van der Waals surface area contributed by atoms with Crippen LogP contribution in [-0.4, -0.2) is 53.9 Å². The molecule has 2 aromatic rings. The van der Waals surface area contributed by atoms with Crippen molar-refractivity contribution in [2.75, 3.05) is 32.1 Å². The second kappa shape index (κ2) is 10.3. The van der Waals surface area contributed by atoms with Crippen molar-refractivity contribution >= 4 is 17.8 Å². The van der Waals surface area contributed by atoms with Crippen molar-refractivity contribution in [1.82, 2.24) is 14.9 Å². The van der Waals surface area contributed by atoms with E-state index >= 15 is 0 Å². The quantitative estimate of drug-likeness (QED) is 0.720. The molecule has 2 heterocycles. The third-order valence-electron chi connectivity index (χ3n) is 7.03. The first kappa shape index (κ1) is 23.2. The lowest BCUT2D eigenvalue weighted by atomic mass is 9.86. The number of hydrogen-bond donors (Lipinski definition) is 1. The van der Waals surface area contributed by atoms with E-state index in [1.807, 2.05) is 37.3 Å². The predicted octanol–water partition coefficient (Wildman–Crippen LogP) is 3.98. The lowest BCUT2D eigenvalue weighted by molar-refractivity contribution is -0.133. The molecule has 176 valence electrons. The Morgan fingerprint density at radius 2 is 1.79 bits per heavy atom. The molecule has 2 fully saturated rings. The Labute approximate surface area is 196 Å². The van der Waals surface area contributed by atoms with Gasteiger partial charge in [0.1, 0.15) is 0 Å². The van der Waals surface area contributed by atoms with Gasteiger partial charge >= 0.3 is 0 Å². The maximum absolute atomic E-state index is 13.1. The van der Waals surface area contributed by atoms with Crippen LogP contribution in [0.3, 0.4) is 0 Å². The van der Waals surface area contributed by atoms with Crippen LogP contribution >= 0.6 is 0 Å². The normalized spacial score (nSPS) is 19.3. The molecule has 1 aromatic carbocycles. The number of rotatable bonds is 6. The van der Waals surface area contributed by atoms with Crippen LogP contribution in [-0.2, 0) is 4.79 Å². The molecule has 7 heteroatoms. The van der Waals surface area contributed by atoms with Crippen LogP contribution in [0.15, 0.2) is 30.5 Å². The van der Waals surface area contributed by atoms with Crippen molar-refractivity contribution < 1.29 is 9.59 Å². The summed E-state index contributed by atoms with van der Waals surface area (Å²) in [5, 5.41) is 0. The topological polar surface area (TPSA) is 92.4 Å². The zero-order chi connectivity index (χ0) is 23.4. The molecule has 7 nitrogen and oxygen atoms in total. The molecule has 1 aromatic heterocycles. The van der Waals surface area contributed by atoms with Gasteiger partial charge in [-0.1, -0.05) is 31.4 Å². The Balaban J connectivity index is 1.58. The van der Waals surface area contributed by atoms with Crippen molar-refractivity contribution in [2.24, 2.45) is 11.7 Å². The van der Waals surface area contributed by atoms with Gasteiger partial charge in [-0.2, -0.15) is 0 Å². The van der Waals surface area contributed by atoms with Crippen molar-refractivity contribution in [3.8, 4) is 11.1 Å². The van der Waals surface area contributed by atoms with Gasteiger partial charge in [0, 0.05) is 56.8 Å². The third-order valence-corrected chi connectivity index (χ3v) is 7.03. The highest BCUT2D eigenvalue weighted by atomic mass is 16.2. The molecule has 0 bridgehead atoms. The smallest absolute Gasteiger partial charge is 0.248 e. The summed E-state index contributed by atoms with van der Waals surface area (Å²) in [6.45, 7) is 1.53. The van der Waals surface area contributed by atoms with Crippen LogP contribution in [0.5, 0.6) is 0 Å². The summed E-state index contributed by atoms with van der Waals surface area (Å²) < 4.78 is 0.